The third kappa shape index (κ3) is 4.45. The lowest BCUT2D eigenvalue weighted by Gasteiger charge is -2.08. The highest BCUT2D eigenvalue weighted by molar-refractivity contribution is 9.10. The van der Waals surface area contributed by atoms with E-state index in [2.05, 4.69) is 55.9 Å². The van der Waals surface area contributed by atoms with Crippen molar-refractivity contribution in [2.24, 2.45) is 0 Å². The van der Waals surface area contributed by atoms with Crippen molar-refractivity contribution in [3.63, 3.8) is 0 Å². The fourth-order valence-corrected chi connectivity index (χ4v) is 4.66. The number of H-pyrrole nitrogens is 1. The SMILES string of the molecule is COC(=O)c1ccc(-c2c3[nH]c4ccc(OC)cc4c3cc[n+]2Cc2cccc(Br)c2)cc1.[Br-]. The number of pyridine rings is 1. The monoisotopic (exact) mass is 580 g/mol. The Balaban J connectivity index is 0.00000274. The molecule has 0 atom stereocenters. The van der Waals surface area contributed by atoms with Crippen molar-refractivity contribution in [2.45, 2.75) is 6.54 Å². The zero-order valence-electron chi connectivity index (χ0n) is 18.6. The summed E-state index contributed by atoms with van der Waals surface area (Å²) in [6.45, 7) is 0.697. The minimum absolute atomic E-state index is 0. The van der Waals surface area contributed by atoms with Gasteiger partial charge in [0.05, 0.1) is 19.8 Å². The summed E-state index contributed by atoms with van der Waals surface area (Å²) in [5.74, 6) is 0.470. The van der Waals surface area contributed by atoms with Crippen molar-refractivity contribution in [3.8, 4) is 17.0 Å². The van der Waals surface area contributed by atoms with Gasteiger partial charge < -0.3 is 31.4 Å². The van der Waals surface area contributed by atoms with Gasteiger partial charge in [0.15, 0.2) is 12.7 Å². The highest BCUT2D eigenvalue weighted by Crippen LogP contribution is 2.33. The van der Waals surface area contributed by atoms with Crippen LogP contribution in [0.2, 0.25) is 0 Å². The van der Waals surface area contributed by atoms with E-state index in [4.69, 9.17) is 9.47 Å². The first kappa shape index (κ1) is 24.0. The van der Waals surface area contributed by atoms with Gasteiger partial charge in [0, 0.05) is 38.0 Å². The molecule has 0 saturated heterocycles. The van der Waals surface area contributed by atoms with Crippen molar-refractivity contribution >= 4 is 43.7 Å². The molecule has 0 bridgehead atoms. The molecule has 0 amide bonds. The first-order valence-corrected chi connectivity index (χ1v) is 11.3. The van der Waals surface area contributed by atoms with Crippen LogP contribution in [-0.4, -0.2) is 25.2 Å². The van der Waals surface area contributed by atoms with Crippen LogP contribution >= 0.6 is 15.9 Å². The fourth-order valence-electron chi connectivity index (χ4n) is 4.22. The zero-order chi connectivity index (χ0) is 22.9. The van der Waals surface area contributed by atoms with Crippen molar-refractivity contribution in [2.75, 3.05) is 14.2 Å². The van der Waals surface area contributed by atoms with Crippen LogP contribution in [0.15, 0.2) is 83.5 Å². The van der Waals surface area contributed by atoms with E-state index < -0.39 is 0 Å². The Morgan fingerprint density at radius 2 is 1.76 bits per heavy atom. The summed E-state index contributed by atoms with van der Waals surface area (Å²) >= 11 is 3.57. The van der Waals surface area contributed by atoms with Crippen LogP contribution in [-0.2, 0) is 11.3 Å². The van der Waals surface area contributed by atoms with Crippen molar-refractivity contribution in [1.82, 2.24) is 4.98 Å². The summed E-state index contributed by atoms with van der Waals surface area (Å²) in [5, 5.41) is 2.22. The molecule has 0 aliphatic rings. The summed E-state index contributed by atoms with van der Waals surface area (Å²) in [6.07, 6.45) is 2.11. The molecule has 2 heterocycles. The number of hydrogen-bond donors (Lipinski definition) is 1. The second kappa shape index (κ2) is 9.99. The lowest BCUT2D eigenvalue weighted by molar-refractivity contribution is -0.676. The van der Waals surface area contributed by atoms with Crippen molar-refractivity contribution < 1.29 is 35.8 Å². The molecule has 5 rings (SSSR count). The molecule has 0 unspecified atom stereocenters. The Hall–Kier alpha value is -3.16. The van der Waals surface area contributed by atoms with E-state index in [1.54, 1.807) is 19.2 Å². The molecule has 1 N–H and O–H groups in total. The van der Waals surface area contributed by atoms with Crippen LogP contribution in [0.5, 0.6) is 5.75 Å². The Morgan fingerprint density at radius 1 is 0.971 bits per heavy atom. The normalized spacial score (nSPS) is 10.8. The van der Waals surface area contributed by atoms with Gasteiger partial charge in [-0.05, 0) is 54.6 Å². The molecule has 0 aliphatic heterocycles. The lowest BCUT2D eigenvalue weighted by Crippen LogP contribution is -3.00. The second-order valence-electron chi connectivity index (χ2n) is 7.82. The lowest BCUT2D eigenvalue weighted by atomic mass is 10.0. The summed E-state index contributed by atoms with van der Waals surface area (Å²) in [6, 6.07) is 24.0. The van der Waals surface area contributed by atoms with E-state index >= 15 is 0 Å². The van der Waals surface area contributed by atoms with Gasteiger partial charge in [0.1, 0.15) is 11.3 Å². The minimum Gasteiger partial charge on any atom is -1.00 e. The molecule has 0 aliphatic carbocycles. The molecule has 34 heavy (non-hydrogen) atoms. The van der Waals surface area contributed by atoms with E-state index in [9.17, 15) is 4.79 Å². The van der Waals surface area contributed by atoms with Gasteiger partial charge in [0.2, 0.25) is 5.69 Å². The zero-order valence-corrected chi connectivity index (χ0v) is 21.8. The molecule has 3 aromatic carbocycles. The Labute approximate surface area is 216 Å². The largest absolute Gasteiger partial charge is 1.00 e. The summed E-state index contributed by atoms with van der Waals surface area (Å²) in [7, 11) is 3.07. The van der Waals surface area contributed by atoms with Gasteiger partial charge in [-0.1, -0.05) is 28.1 Å². The van der Waals surface area contributed by atoms with Gasteiger partial charge in [-0.3, -0.25) is 0 Å². The smallest absolute Gasteiger partial charge is 0.337 e. The maximum atomic E-state index is 11.9. The molecule has 0 spiro atoms. The van der Waals surface area contributed by atoms with E-state index in [0.717, 1.165) is 43.3 Å². The molecule has 5 nitrogen and oxygen atoms in total. The minimum atomic E-state index is -0.348. The number of aromatic amines is 1. The van der Waals surface area contributed by atoms with E-state index in [1.165, 1.54) is 12.7 Å². The number of benzene rings is 3. The molecular formula is C27H22Br2N2O3. The topological polar surface area (TPSA) is 55.2 Å². The number of esters is 1. The highest BCUT2D eigenvalue weighted by atomic mass is 79.9. The Kier molecular flexibility index (Phi) is 7.05. The van der Waals surface area contributed by atoms with Crippen molar-refractivity contribution in [1.29, 1.82) is 0 Å². The first-order valence-electron chi connectivity index (χ1n) is 10.5. The van der Waals surface area contributed by atoms with E-state index in [-0.39, 0.29) is 23.0 Å². The predicted molar refractivity (Wildman–Crippen MR) is 133 cm³/mol. The van der Waals surface area contributed by atoms with Crippen molar-refractivity contribution in [3.05, 3.63) is 94.6 Å². The molecule has 0 saturated carbocycles. The number of halogens is 2. The maximum absolute atomic E-state index is 11.9. The van der Waals surface area contributed by atoms with Gasteiger partial charge >= 0.3 is 5.97 Å². The number of rotatable bonds is 5. The summed E-state index contributed by atoms with van der Waals surface area (Å²) in [5.41, 5.74) is 5.81. The molecule has 2 aromatic heterocycles. The average Bonchev–Trinajstić information content (AvgIpc) is 3.21. The quantitative estimate of drug-likeness (QED) is 0.257. The number of aromatic nitrogens is 2. The number of hydrogen-bond acceptors (Lipinski definition) is 3. The van der Waals surface area contributed by atoms with Crippen LogP contribution in [0.3, 0.4) is 0 Å². The van der Waals surface area contributed by atoms with Gasteiger partial charge in [-0.15, -0.1) is 0 Å². The number of carbonyl (C=O) groups is 1. The van der Waals surface area contributed by atoms with E-state index in [1.807, 2.05) is 36.4 Å². The predicted octanol–water partition coefficient (Wildman–Crippen LogP) is 2.89. The van der Waals surface area contributed by atoms with Gasteiger partial charge in [0.25, 0.3) is 0 Å². The number of carbonyl (C=O) groups excluding carboxylic acids is 1. The Morgan fingerprint density at radius 3 is 2.47 bits per heavy atom. The molecule has 7 heteroatoms. The van der Waals surface area contributed by atoms with Crippen LogP contribution in [0.25, 0.3) is 33.1 Å². The van der Waals surface area contributed by atoms with Gasteiger partial charge in [-0.2, -0.15) is 4.57 Å². The molecule has 0 radical (unpaired) electrons. The van der Waals surface area contributed by atoms with Crippen LogP contribution in [0, 0.1) is 0 Å². The van der Waals surface area contributed by atoms with Crippen LogP contribution in [0.1, 0.15) is 15.9 Å². The van der Waals surface area contributed by atoms with E-state index in [0.29, 0.717) is 12.1 Å². The summed E-state index contributed by atoms with van der Waals surface area (Å²) < 4.78 is 13.6. The standard InChI is InChI=1S/C27H21BrN2O3.BrH/c1-32-21-10-11-24-23(15-21)22-12-13-30(16-17-4-3-5-20(28)14-17)26(25(22)29-24)18-6-8-19(9-7-18)27(31)33-2;/h3-15H,16H2,1-2H3;1H. The molecule has 172 valence electrons. The highest BCUT2D eigenvalue weighted by Gasteiger charge is 2.22. The number of methoxy groups -OCH3 is 2. The van der Waals surface area contributed by atoms with Gasteiger partial charge in [-0.25, -0.2) is 4.79 Å². The average molecular weight is 582 g/mol. The number of ether oxygens (including phenoxy) is 2. The molecule has 0 fully saturated rings. The number of nitrogens with one attached hydrogen (secondary N) is 1. The summed E-state index contributed by atoms with van der Waals surface area (Å²) in [4.78, 5) is 15.5. The fraction of sp³-hybridized carbons (Fsp3) is 0.111. The second-order valence-corrected chi connectivity index (χ2v) is 8.73. The number of fused-ring (bicyclic) bond motifs is 3. The third-order valence-corrected chi connectivity index (χ3v) is 6.31. The van der Waals surface area contributed by atoms with Crippen LogP contribution < -0.4 is 26.3 Å². The van der Waals surface area contributed by atoms with Crippen LogP contribution in [0.4, 0.5) is 0 Å². The number of nitrogens with zero attached hydrogens (tertiary/aromatic N) is 1. The Bertz CT molecular complexity index is 1490. The molecular weight excluding hydrogens is 560 g/mol. The third-order valence-electron chi connectivity index (χ3n) is 5.81. The first-order chi connectivity index (χ1) is 16.1. The maximum Gasteiger partial charge on any atom is 0.337 e. The molecule has 5 aromatic rings.